The lowest BCUT2D eigenvalue weighted by atomic mass is 10.1. The van der Waals surface area contributed by atoms with Gasteiger partial charge in [-0.1, -0.05) is 12.1 Å². The van der Waals surface area contributed by atoms with Gasteiger partial charge >= 0.3 is 5.97 Å². The third kappa shape index (κ3) is 4.58. The highest BCUT2D eigenvalue weighted by Gasteiger charge is 2.25. The van der Waals surface area contributed by atoms with E-state index in [4.69, 9.17) is 14.2 Å². The van der Waals surface area contributed by atoms with Crippen LogP contribution in [0.4, 0.5) is 11.4 Å². The van der Waals surface area contributed by atoms with E-state index < -0.39 is 12.1 Å². The second kappa shape index (κ2) is 9.25. The number of thiophene rings is 1. The van der Waals surface area contributed by atoms with Crippen LogP contribution >= 0.6 is 11.3 Å². The van der Waals surface area contributed by atoms with Crippen molar-refractivity contribution in [2.75, 3.05) is 36.5 Å². The van der Waals surface area contributed by atoms with Gasteiger partial charge in [0.15, 0.2) is 6.10 Å². The first-order valence-electron chi connectivity index (χ1n) is 10.9. The van der Waals surface area contributed by atoms with Crippen LogP contribution in [-0.2, 0) is 20.9 Å². The second-order valence-electron chi connectivity index (χ2n) is 7.93. The van der Waals surface area contributed by atoms with Crippen LogP contribution in [0.1, 0.15) is 22.2 Å². The number of anilines is 2. The molecule has 2 aromatic carbocycles. The van der Waals surface area contributed by atoms with Gasteiger partial charge in [-0.25, -0.2) is 4.79 Å². The number of fused-ring (bicyclic) bond motifs is 3. The van der Waals surface area contributed by atoms with E-state index in [1.807, 2.05) is 48.5 Å². The summed E-state index contributed by atoms with van der Waals surface area (Å²) in [6.07, 6.45) is -0.931. The third-order valence-corrected chi connectivity index (χ3v) is 6.88. The van der Waals surface area contributed by atoms with Crippen LogP contribution in [0.2, 0.25) is 0 Å². The number of rotatable bonds is 5. The molecule has 1 amide bonds. The molecule has 1 saturated heterocycles. The summed E-state index contributed by atoms with van der Waals surface area (Å²) in [6.45, 7) is 5.11. The highest BCUT2D eigenvalue weighted by Crippen LogP contribution is 2.42. The number of nitrogens with zero attached hydrogens (tertiary/aromatic N) is 1. The molecule has 1 atom stereocenters. The SMILES string of the molecule is C[C@H](OC(=O)c1cc2c(s1)-c1ccccc1OC2)C(=O)Nc1ccc(N2CCOCC2)cc1. The average molecular weight is 465 g/mol. The fourth-order valence-electron chi connectivity index (χ4n) is 3.89. The largest absolute Gasteiger partial charge is 0.488 e. The van der Waals surface area contributed by atoms with Gasteiger partial charge in [0.2, 0.25) is 0 Å². The summed E-state index contributed by atoms with van der Waals surface area (Å²) in [5, 5.41) is 2.81. The Morgan fingerprint density at radius 3 is 2.64 bits per heavy atom. The van der Waals surface area contributed by atoms with Crippen LogP contribution in [0, 0.1) is 0 Å². The lowest BCUT2D eigenvalue weighted by Crippen LogP contribution is -2.36. The third-order valence-electron chi connectivity index (χ3n) is 5.69. The highest BCUT2D eigenvalue weighted by atomic mass is 32.1. The molecule has 3 heterocycles. The number of esters is 1. The minimum absolute atomic E-state index is 0.377. The van der Waals surface area contributed by atoms with E-state index in [9.17, 15) is 9.59 Å². The molecule has 170 valence electrons. The van der Waals surface area contributed by atoms with Gasteiger partial charge in [-0.2, -0.15) is 0 Å². The molecule has 0 radical (unpaired) electrons. The van der Waals surface area contributed by atoms with Crippen LogP contribution < -0.4 is 15.0 Å². The van der Waals surface area contributed by atoms with Crippen molar-refractivity contribution in [3.8, 4) is 16.2 Å². The molecule has 2 aliphatic heterocycles. The lowest BCUT2D eigenvalue weighted by Gasteiger charge is -2.28. The molecule has 3 aromatic rings. The fourth-order valence-corrected chi connectivity index (χ4v) is 4.97. The Hall–Kier alpha value is -3.36. The quantitative estimate of drug-likeness (QED) is 0.567. The van der Waals surface area contributed by atoms with Crippen molar-refractivity contribution in [2.45, 2.75) is 19.6 Å². The van der Waals surface area contributed by atoms with Crippen molar-refractivity contribution in [3.63, 3.8) is 0 Å². The van der Waals surface area contributed by atoms with Gasteiger partial charge in [0.1, 0.15) is 17.2 Å². The van der Waals surface area contributed by atoms with Crippen molar-refractivity contribution in [1.29, 1.82) is 0 Å². The summed E-state index contributed by atoms with van der Waals surface area (Å²) in [5.41, 5.74) is 3.65. The Kier molecular flexibility index (Phi) is 6.02. The molecular formula is C25H24N2O5S. The molecule has 2 aliphatic rings. The van der Waals surface area contributed by atoms with Crippen molar-refractivity contribution < 1.29 is 23.8 Å². The number of para-hydroxylation sites is 1. The smallest absolute Gasteiger partial charge is 0.349 e. The predicted molar refractivity (Wildman–Crippen MR) is 127 cm³/mol. The normalized spacial score (nSPS) is 15.6. The molecule has 33 heavy (non-hydrogen) atoms. The van der Waals surface area contributed by atoms with Crippen LogP contribution in [0.15, 0.2) is 54.6 Å². The summed E-state index contributed by atoms with van der Waals surface area (Å²) < 4.78 is 16.6. The van der Waals surface area contributed by atoms with Gasteiger partial charge < -0.3 is 24.4 Å². The molecular weight excluding hydrogens is 440 g/mol. The fraction of sp³-hybridized carbons (Fsp3) is 0.280. The van der Waals surface area contributed by atoms with Gasteiger partial charge in [0.25, 0.3) is 5.91 Å². The van der Waals surface area contributed by atoms with E-state index >= 15 is 0 Å². The van der Waals surface area contributed by atoms with E-state index in [2.05, 4.69) is 10.2 Å². The van der Waals surface area contributed by atoms with E-state index in [1.54, 1.807) is 13.0 Å². The van der Waals surface area contributed by atoms with Crippen LogP contribution in [0.3, 0.4) is 0 Å². The Balaban J connectivity index is 1.20. The number of amides is 1. The van der Waals surface area contributed by atoms with Gasteiger partial charge in [0, 0.05) is 40.5 Å². The number of morpholine rings is 1. The Morgan fingerprint density at radius 1 is 1.09 bits per heavy atom. The van der Waals surface area contributed by atoms with Gasteiger partial charge in [-0.3, -0.25) is 4.79 Å². The van der Waals surface area contributed by atoms with Gasteiger partial charge in [-0.05, 0) is 49.4 Å². The van der Waals surface area contributed by atoms with E-state index in [0.717, 1.165) is 40.5 Å². The summed E-state index contributed by atoms with van der Waals surface area (Å²) in [7, 11) is 0. The van der Waals surface area contributed by atoms with Gasteiger partial charge in [-0.15, -0.1) is 11.3 Å². The molecule has 0 spiro atoms. The summed E-state index contributed by atoms with van der Waals surface area (Å²) in [6, 6.07) is 17.2. The Labute approximate surface area is 195 Å². The number of carbonyl (C=O) groups is 2. The minimum atomic E-state index is -0.931. The maximum atomic E-state index is 12.7. The molecule has 0 unspecified atom stereocenters. The maximum Gasteiger partial charge on any atom is 0.349 e. The maximum absolute atomic E-state index is 12.7. The van der Waals surface area contributed by atoms with Crippen molar-refractivity contribution in [1.82, 2.24) is 0 Å². The summed E-state index contributed by atoms with van der Waals surface area (Å²) in [4.78, 5) is 29.0. The lowest BCUT2D eigenvalue weighted by molar-refractivity contribution is -0.123. The molecule has 7 nitrogen and oxygen atoms in total. The van der Waals surface area contributed by atoms with Crippen LogP contribution in [0.5, 0.6) is 5.75 Å². The molecule has 5 rings (SSSR count). The first-order valence-corrected chi connectivity index (χ1v) is 11.7. The summed E-state index contributed by atoms with van der Waals surface area (Å²) in [5.74, 6) is -0.0891. The molecule has 0 bridgehead atoms. The molecule has 0 saturated carbocycles. The monoisotopic (exact) mass is 464 g/mol. The number of nitrogens with one attached hydrogen (secondary N) is 1. The first-order chi connectivity index (χ1) is 16.1. The number of benzene rings is 2. The zero-order valence-corrected chi connectivity index (χ0v) is 19.0. The number of hydrogen-bond acceptors (Lipinski definition) is 7. The van der Waals surface area contributed by atoms with Crippen molar-refractivity contribution in [3.05, 3.63) is 65.0 Å². The minimum Gasteiger partial charge on any atom is -0.488 e. The molecule has 0 aliphatic carbocycles. The standard InChI is InChI=1S/C25H24N2O5S/c1-16(24(28)26-18-6-8-19(9-7-18)27-10-12-30-13-11-27)32-25(29)22-14-17-15-31-21-5-3-2-4-20(21)23(17)33-22/h2-9,14,16H,10-13,15H2,1H3,(H,26,28)/t16-/m0/s1. The van der Waals surface area contributed by atoms with E-state index in [-0.39, 0.29) is 5.91 Å². The number of carbonyl (C=O) groups excluding carboxylic acids is 2. The molecule has 1 aromatic heterocycles. The topological polar surface area (TPSA) is 77.1 Å². The van der Waals surface area contributed by atoms with Crippen LogP contribution in [-0.4, -0.2) is 44.3 Å². The molecule has 1 N–H and O–H groups in total. The number of hydrogen-bond donors (Lipinski definition) is 1. The predicted octanol–water partition coefficient (Wildman–Crippen LogP) is 4.33. The highest BCUT2D eigenvalue weighted by molar-refractivity contribution is 7.17. The number of ether oxygens (including phenoxy) is 3. The van der Waals surface area contributed by atoms with Crippen molar-refractivity contribution >= 4 is 34.6 Å². The van der Waals surface area contributed by atoms with Crippen molar-refractivity contribution in [2.24, 2.45) is 0 Å². The zero-order chi connectivity index (χ0) is 22.8. The van der Waals surface area contributed by atoms with E-state index in [1.165, 1.54) is 11.3 Å². The first kappa shape index (κ1) is 21.5. The molecule has 1 fully saturated rings. The Bertz CT molecular complexity index is 1170. The van der Waals surface area contributed by atoms with E-state index in [0.29, 0.717) is 30.4 Å². The van der Waals surface area contributed by atoms with Crippen LogP contribution in [0.25, 0.3) is 10.4 Å². The second-order valence-corrected chi connectivity index (χ2v) is 8.99. The summed E-state index contributed by atoms with van der Waals surface area (Å²) >= 11 is 1.36. The zero-order valence-electron chi connectivity index (χ0n) is 18.2. The Morgan fingerprint density at radius 2 is 1.85 bits per heavy atom. The average Bonchev–Trinajstić information content (AvgIpc) is 3.30. The molecule has 8 heteroatoms. The van der Waals surface area contributed by atoms with Gasteiger partial charge in [0.05, 0.1) is 13.2 Å².